The van der Waals surface area contributed by atoms with Gasteiger partial charge in [-0.2, -0.15) is 0 Å². The molecule has 1 atom stereocenters. The van der Waals surface area contributed by atoms with Crippen molar-refractivity contribution in [3.8, 4) is 11.5 Å². The van der Waals surface area contributed by atoms with Gasteiger partial charge >= 0.3 is 0 Å². The lowest BCUT2D eigenvalue weighted by atomic mass is 10.1. The molecule has 156 valence electrons. The molecule has 2 aromatic rings. The molecule has 0 fully saturated rings. The molecular weight excluding hydrogens is 396 g/mol. The van der Waals surface area contributed by atoms with Gasteiger partial charge in [0.25, 0.3) is 0 Å². The Bertz CT molecular complexity index is 856. The van der Waals surface area contributed by atoms with Crippen molar-refractivity contribution in [1.29, 1.82) is 0 Å². The summed E-state index contributed by atoms with van der Waals surface area (Å²) in [5.74, 6) is -0.295. The summed E-state index contributed by atoms with van der Waals surface area (Å²) in [6.45, 7) is 3.49. The third kappa shape index (κ3) is 7.44. The van der Waals surface area contributed by atoms with Crippen LogP contribution in [0.2, 0.25) is 0 Å². The van der Waals surface area contributed by atoms with Crippen LogP contribution in [0.4, 0.5) is 5.69 Å². The number of hydrogen-bond acceptors (Lipinski definition) is 5. The van der Waals surface area contributed by atoms with E-state index in [4.69, 9.17) is 16.2 Å². The third-order valence-electron chi connectivity index (χ3n) is 3.94. The maximum Gasteiger partial charge on any atom is 0.248 e. The SMILES string of the molecule is CC(C)[C@H](N)C(=O)NCC(=O)Nc1ccc(Oc2cccc(C(N)=O)c2)cc1.Cl. The van der Waals surface area contributed by atoms with E-state index < -0.39 is 11.9 Å². The number of benzene rings is 2. The smallest absolute Gasteiger partial charge is 0.248 e. The van der Waals surface area contributed by atoms with Crippen molar-refractivity contribution >= 4 is 35.8 Å². The molecule has 6 N–H and O–H groups in total. The van der Waals surface area contributed by atoms with Crippen LogP contribution in [0.15, 0.2) is 48.5 Å². The van der Waals surface area contributed by atoms with Crippen LogP contribution in [0.5, 0.6) is 11.5 Å². The molecule has 2 aromatic carbocycles. The average molecular weight is 421 g/mol. The van der Waals surface area contributed by atoms with Gasteiger partial charge in [-0.15, -0.1) is 12.4 Å². The number of anilines is 1. The average Bonchev–Trinajstić information content (AvgIpc) is 2.67. The molecule has 8 nitrogen and oxygen atoms in total. The number of primary amides is 1. The van der Waals surface area contributed by atoms with Gasteiger partial charge in [-0.25, -0.2) is 0 Å². The van der Waals surface area contributed by atoms with Crippen molar-refractivity contribution in [3.63, 3.8) is 0 Å². The molecule has 0 heterocycles. The summed E-state index contributed by atoms with van der Waals surface area (Å²) >= 11 is 0. The number of carbonyl (C=O) groups is 3. The summed E-state index contributed by atoms with van der Waals surface area (Å²) in [6.07, 6.45) is 0. The van der Waals surface area contributed by atoms with Crippen LogP contribution in [0.25, 0.3) is 0 Å². The largest absolute Gasteiger partial charge is 0.457 e. The van der Waals surface area contributed by atoms with E-state index in [1.165, 1.54) is 0 Å². The van der Waals surface area contributed by atoms with Gasteiger partial charge in [-0.3, -0.25) is 14.4 Å². The molecule has 0 radical (unpaired) electrons. The monoisotopic (exact) mass is 420 g/mol. The van der Waals surface area contributed by atoms with Crippen LogP contribution in [0, 0.1) is 5.92 Å². The number of carbonyl (C=O) groups excluding carboxylic acids is 3. The van der Waals surface area contributed by atoms with E-state index in [1.807, 2.05) is 13.8 Å². The van der Waals surface area contributed by atoms with Crippen molar-refractivity contribution < 1.29 is 19.1 Å². The molecule has 9 heteroatoms. The summed E-state index contributed by atoms with van der Waals surface area (Å²) in [5, 5.41) is 5.17. The Labute approximate surface area is 175 Å². The molecule has 0 saturated carbocycles. The lowest BCUT2D eigenvalue weighted by molar-refractivity contribution is -0.125. The quantitative estimate of drug-likeness (QED) is 0.518. The first-order valence-electron chi connectivity index (χ1n) is 8.77. The van der Waals surface area contributed by atoms with E-state index in [1.54, 1.807) is 48.5 Å². The second kappa shape index (κ2) is 11.0. The van der Waals surface area contributed by atoms with Gasteiger partial charge in [-0.05, 0) is 48.4 Å². The Balaban J connectivity index is 0.00000420. The van der Waals surface area contributed by atoms with E-state index in [2.05, 4.69) is 10.6 Å². The number of ether oxygens (including phenoxy) is 1. The summed E-state index contributed by atoms with van der Waals surface area (Å²) in [5.41, 5.74) is 11.9. The maximum absolute atomic E-state index is 11.9. The first-order chi connectivity index (χ1) is 13.3. The minimum absolute atomic E-state index is 0. The first kappa shape index (κ1) is 23.9. The molecule has 0 aliphatic heterocycles. The topological polar surface area (TPSA) is 137 Å². The number of nitrogens with one attached hydrogen (secondary N) is 2. The molecule has 0 aliphatic carbocycles. The zero-order chi connectivity index (χ0) is 20.7. The van der Waals surface area contributed by atoms with E-state index in [0.29, 0.717) is 22.7 Å². The summed E-state index contributed by atoms with van der Waals surface area (Å²) < 4.78 is 5.67. The Morgan fingerprint density at radius 3 is 2.28 bits per heavy atom. The molecule has 0 aliphatic rings. The number of amides is 3. The van der Waals surface area contributed by atoms with Gasteiger partial charge in [-0.1, -0.05) is 19.9 Å². The van der Waals surface area contributed by atoms with Crippen LogP contribution in [-0.4, -0.2) is 30.3 Å². The molecule has 0 saturated heterocycles. The molecule has 0 spiro atoms. The minimum Gasteiger partial charge on any atom is -0.457 e. The van der Waals surface area contributed by atoms with Crippen molar-refractivity contribution in [2.75, 3.05) is 11.9 Å². The normalized spacial score (nSPS) is 11.2. The van der Waals surface area contributed by atoms with Gasteiger partial charge in [0.15, 0.2) is 0 Å². The Morgan fingerprint density at radius 1 is 1.03 bits per heavy atom. The van der Waals surface area contributed by atoms with Crippen molar-refractivity contribution in [1.82, 2.24) is 5.32 Å². The van der Waals surface area contributed by atoms with E-state index in [0.717, 1.165) is 0 Å². The fourth-order valence-electron chi connectivity index (χ4n) is 2.25. The van der Waals surface area contributed by atoms with Crippen LogP contribution in [0.3, 0.4) is 0 Å². The fraction of sp³-hybridized carbons (Fsp3) is 0.250. The molecule has 0 bridgehead atoms. The minimum atomic E-state index is -0.655. The Hall–Kier alpha value is -3.10. The lowest BCUT2D eigenvalue weighted by Gasteiger charge is -2.15. The first-order valence-corrected chi connectivity index (χ1v) is 8.77. The standard InChI is InChI=1S/C20H24N4O4.ClH/c1-12(2)18(21)20(27)23-11-17(25)24-14-6-8-15(9-7-14)28-16-5-3-4-13(10-16)19(22)26;/h3-10,12,18H,11,21H2,1-2H3,(H2,22,26)(H,23,27)(H,24,25);1H/t18-;/m0./s1. The Kier molecular flexibility index (Phi) is 9.11. The number of hydrogen-bond donors (Lipinski definition) is 4. The van der Waals surface area contributed by atoms with Gasteiger partial charge < -0.3 is 26.8 Å². The summed E-state index contributed by atoms with van der Waals surface area (Å²) in [7, 11) is 0. The second-order valence-electron chi connectivity index (χ2n) is 6.55. The maximum atomic E-state index is 11.9. The van der Waals surface area contributed by atoms with Gasteiger partial charge in [0.05, 0.1) is 12.6 Å². The lowest BCUT2D eigenvalue weighted by Crippen LogP contribution is -2.46. The number of nitrogens with two attached hydrogens (primary N) is 2. The summed E-state index contributed by atoms with van der Waals surface area (Å²) in [6, 6.07) is 12.5. The zero-order valence-corrected chi connectivity index (χ0v) is 17.0. The van der Waals surface area contributed by atoms with E-state index in [-0.39, 0.29) is 36.7 Å². The van der Waals surface area contributed by atoms with E-state index >= 15 is 0 Å². The van der Waals surface area contributed by atoms with Gasteiger partial charge in [0, 0.05) is 11.3 Å². The van der Waals surface area contributed by atoms with Crippen LogP contribution >= 0.6 is 12.4 Å². The molecule has 2 rings (SSSR count). The highest BCUT2D eigenvalue weighted by atomic mass is 35.5. The van der Waals surface area contributed by atoms with Crippen LogP contribution < -0.4 is 26.8 Å². The molecule has 29 heavy (non-hydrogen) atoms. The highest BCUT2D eigenvalue weighted by molar-refractivity contribution is 5.95. The molecule has 0 unspecified atom stereocenters. The van der Waals surface area contributed by atoms with Gasteiger partial charge in [0.1, 0.15) is 11.5 Å². The van der Waals surface area contributed by atoms with Crippen LogP contribution in [-0.2, 0) is 9.59 Å². The zero-order valence-electron chi connectivity index (χ0n) is 16.2. The molecule has 0 aromatic heterocycles. The predicted octanol–water partition coefficient (Wildman–Crippen LogP) is 2.04. The van der Waals surface area contributed by atoms with E-state index in [9.17, 15) is 14.4 Å². The van der Waals surface area contributed by atoms with Gasteiger partial charge in [0.2, 0.25) is 17.7 Å². The predicted molar refractivity (Wildman–Crippen MR) is 113 cm³/mol. The second-order valence-corrected chi connectivity index (χ2v) is 6.55. The highest BCUT2D eigenvalue weighted by Gasteiger charge is 2.17. The van der Waals surface area contributed by atoms with Crippen molar-refractivity contribution in [3.05, 3.63) is 54.1 Å². The third-order valence-corrected chi connectivity index (χ3v) is 3.94. The number of halogens is 1. The number of rotatable bonds is 8. The molecular formula is C20H25ClN4O4. The fourth-order valence-corrected chi connectivity index (χ4v) is 2.25. The Morgan fingerprint density at radius 2 is 1.69 bits per heavy atom. The van der Waals surface area contributed by atoms with Crippen LogP contribution in [0.1, 0.15) is 24.2 Å². The highest BCUT2D eigenvalue weighted by Crippen LogP contribution is 2.23. The van der Waals surface area contributed by atoms with Crippen molar-refractivity contribution in [2.24, 2.45) is 17.4 Å². The summed E-state index contributed by atoms with van der Waals surface area (Å²) in [4.78, 5) is 34.9. The molecule has 3 amide bonds. The van der Waals surface area contributed by atoms with Crippen molar-refractivity contribution in [2.45, 2.75) is 19.9 Å².